The van der Waals surface area contributed by atoms with Gasteiger partial charge in [-0.25, -0.2) is 4.98 Å². The fraction of sp³-hybridized carbons (Fsp3) is 0.0769. The van der Waals surface area contributed by atoms with Crippen LogP contribution in [0.25, 0.3) is 0 Å². The maximum absolute atomic E-state index is 12.4. The van der Waals surface area contributed by atoms with Crippen molar-refractivity contribution in [2.24, 2.45) is 0 Å². The number of nitrogens with zero attached hydrogens (tertiary/aromatic N) is 1. The molecule has 0 aliphatic carbocycles. The standard InChI is InChI=1S/C13H7Br2F3N2O/c14-8-3-7(4-9(15)5-8)12(21)20-10-1-2-11(19-6-10)13(16,17)18/h1-6H,(H,20,21). The van der Waals surface area contributed by atoms with Crippen LogP contribution in [0.15, 0.2) is 45.5 Å². The van der Waals surface area contributed by atoms with Gasteiger partial charge in [0.25, 0.3) is 5.91 Å². The summed E-state index contributed by atoms with van der Waals surface area (Å²) in [5.41, 5.74) is -0.467. The van der Waals surface area contributed by atoms with E-state index in [1.807, 2.05) is 0 Å². The number of amides is 1. The Kier molecular flexibility index (Phi) is 4.67. The van der Waals surface area contributed by atoms with Crippen LogP contribution in [0.1, 0.15) is 16.1 Å². The molecule has 1 N–H and O–H groups in total. The molecule has 0 atom stereocenters. The van der Waals surface area contributed by atoms with E-state index in [1.54, 1.807) is 18.2 Å². The lowest BCUT2D eigenvalue weighted by atomic mass is 10.2. The number of hydrogen-bond acceptors (Lipinski definition) is 2. The van der Waals surface area contributed by atoms with E-state index in [0.29, 0.717) is 14.5 Å². The van der Waals surface area contributed by atoms with Crippen LogP contribution in [-0.2, 0) is 6.18 Å². The van der Waals surface area contributed by atoms with Crippen LogP contribution < -0.4 is 5.32 Å². The fourth-order valence-electron chi connectivity index (χ4n) is 1.52. The lowest BCUT2D eigenvalue weighted by molar-refractivity contribution is -0.141. The molecular formula is C13H7Br2F3N2O. The molecule has 2 aromatic rings. The van der Waals surface area contributed by atoms with Crippen LogP contribution in [0.4, 0.5) is 18.9 Å². The van der Waals surface area contributed by atoms with Crippen molar-refractivity contribution in [1.29, 1.82) is 0 Å². The number of carbonyl (C=O) groups is 1. The van der Waals surface area contributed by atoms with Crippen LogP contribution in [0, 0.1) is 0 Å². The molecular weight excluding hydrogens is 417 g/mol. The summed E-state index contributed by atoms with van der Waals surface area (Å²) >= 11 is 6.50. The van der Waals surface area contributed by atoms with Gasteiger partial charge in [-0.2, -0.15) is 13.2 Å². The molecule has 1 heterocycles. The smallest absolute Gasteiger partial charge is 0.321 e. The summed E-state index contributed by atoms with van der Waals surface area (Å²) in [5.74, 6) is -0.446. The molecule has 3 nitrogen and oxygen atoms in total. The average molecular weight is 424 g/mol. The van der Waals surface area contributed by atoms with Crippen molar-refractivity contribution in [3.8, 4) is 0 Å². The molecule has 0 saturated carbocycles. The summed E-state index contributed by atoms with van der Waals surface area (Å²) in [4.78, 5) is 15.3. The Hall–Kier alpha value is -1.41. The lowest BCUT2D eigenvalue weighted by Gasteiger charge is -2.08. The molecule has 8 heteroatoms. The predicted molar refractivity (Wildman–Crippen MR) is 79.0 cm³/mol. The zero-order chi connectivity index (χ0) is 15.6. The molecule has 21 heavy (non-hydrogen) atoms. The van der Waals surface area contributed by atoms with Gasteiger partial charge >= 0.3 is 6.18 Å². The van der Waals surface area contributed by atoms with Gasteiger partial charge in [-0.3, -0.25) is 4.79 Å². The average Bonchev–Trinajstić information content (AvgIpc) is 2.37. The topological polar surface area (TPSA) is 42.0 Å². The number of halogens is 5. The van der Waals surface area contributed by atoms with E-state index in [9.17, 15) is 18.0 Å². The Morgan fingerprint density at radius 3 is 2.19 bits per heavy atom. The first kappa shape index (κ1) is 16.0. The van der Waals surface area contributed by atoms with Crippen molar-refractivity contribution in [3.63, 3.8) is 0 Å². The molecule has 0 bridgehead atoms. The second-order valence-corrected chi connectivity index (χ2v) is 5.87. The minimum atomic E-state index is -4.50. The van der Waals surface area contributed by atoms with Crippen molar-refractivity contribution in [1.82, 2.24) is 4.98 Å². The Morgan fingerprint density at radius 2 is 1.71 bits per heavy atom. The van der Waals surface area contributed by atoms with Gasteiger partial charge < -0.3 is 5.32 Å². The van der Waals surface area contributed by atoms with Crippen molar-refractivity contribution < 1.29 is 18.0 Å². The maximum Gasteiger partial charge on any atom is 0.433 e. The molecule has 0 radical (unpaired) electrons. The highest BCUT2D eigenvalue weighted by atomic mass is 79.9. The van der Waals surface area contributed by atoms with Crippen molar-refractivity contribution in [2.75, 3.05) is 5.32 Å². The summed E-state index contributed by atoms with van der Waals surface area (Å²) in [7, 11) is 0. The number of hydrogen-bond donors (Lipinski definition) is 1. The highest BCUT2D eigenvalue weighted by molar-refractivity contribution is 9.11. The first-order valence-electron chi connectivity index (χ1n) is 5.56. The number of carbonyl (C=O) groups excluding carboxylic acids is 1. The Labute approximate surface area is 134 Å². The number of benzene rings is 1. The molecule has 0 fully saturated rings. The zero-order valence-electron chi connectivity index (χ0n) is 10.2. The highest BCUT2D eigenvalue weighted by Crippen LogP contribution is 2.28. The van der Waals surface area contributed by atoms with E-state index in [1.165, 1.54) is 0 Å². The first-order chi connectivity index (χ1) is 9.75. The van der Waals surface area contributed by atoms with Gasteiger partial charge in [0.05, 0.1) is 11.9 Å². The SMILES string of the molecule is O=C(Nc1ccc(C(F)(F)F)nc1)c1cc(Br)cc(Br)c1. The van der Waals surface area contributed by atoms with Crippen LogP contribution in [0.5, 0.6) is 0 Å². The van der Waals surface area contributed by atoms with E-state index in [-0.39, 0.29) is 5.69 Å². The Balaban J connectivity index is 2.16. The van der Waals surface area contributed by atoms with Gasteiger partial charge in [0.1, 0.15) is 5.69 Å². The maximum atomic E-state index is 12.4. The number of alkyl halides is 3. The quantitative estimate of drug-likeness (QED) is 0.748. The molecule has 0 spiro atoms. The van der Waals surface area contributed by atoms with Gasteiger partial charge in [0, 0.05) is 14.5 Å². The van der Waals surface area contributed by atoms with Gasteiger partial charge in [-0.15, -0.1) is 0 Å². The molecule has 1 aromatic heterocycles. The van der Waals surface area contributed by atoms with Gasteiger partial charge in [0.2, 0.25) is 0 Å². The van der Waals surface area contributed by atoms with E-state index in [4.69, 9.17) is 0 Å². The van der Waals surface area contributed by atoms with Crippen molar-refractivity contribution in [3.05, 3.63) is 56.7 Å². The van der Waals surface area contributed by atoms with Crippen molar-refractivity contribution in [2.45, 2.75) is 6.18 Å². The molecule has 0 aliphatic heterocycles. The van der Waals surface area contributed by atoms with Crippen LogP contribution >= 0.6 is 31.9 Å². The van der Waals surface area contributed by atoms with Crippen LogP contribution in [0.2, 0.25) is 0 Å². The monoisotopic (exact) mass is 422 g/mol. The highest BCUT2D eigenvalue weighted by Gasteiger charge is 2.32. The number of aromatic nitrogens is 1. The minimum Gasteiger partial charge on any atom is -0.321 e. The van der Waals surface area contributed by atoms with Crippen LogP contribution in [0.3, 0.4) is 0 Å². The third-order valence-electron chi connectivity index (χ3n) is 2.44. The Morgan fingerprint density at radius 1 is 1.10 bits per heavy atom. The molecule has 2 rings (SSSR count). The summed E-state index contributed by atoms with van der Waals surface area (Å²) in [5, 5.41) is 2.48. The number of anilines is 1. The molecule has 110 valence electrons. The lowest BCUT2D eigenvalue weighted by Crippen LogP contribution is -2.13. The summed E-state index contributed by atoms with van der Waals surface area (Å²) in [6.07, 6.45) is -3.54. The molecule has 1 aromatic carbocycles. The Bertz CT molecular complexity index is 652. The third-order valence-corrected chi connectivity index (χ3v) is 3.35. The van der Waals surface area contributed by atoms with E-state index in [0.717, 1.165) is 18.3 Å². The minimum absolute atomic E-state index is 0.184. The van der Waals surface area contributed by atoms with Gasteiger partial charge in [-0.1, -0.05) is 31.9 Å². The fourth-order valence-corrected chi connectivity index (χ4v) is 2.82. The number of nitrogens with one attached hydrogen (secondary N) is 1. The van der Waals surface area contributed by atoms with Crippen LogP contribution in [-0.4, -0.2) is 10.9 Å². The third kappa shape index (κ3) is 4.28. The number of pyridine rings is 1. The first-order valence-corrected chi connectivity index (χ1v) is 7.15. The van der Waals surface area contributed by atoms with Crippen molar-refractivity contribution >= 4 is 43.5 Å². The molecule has 0 aliphatic rings. The largest absolute Gasteiger partial charge is 0.433 e. The van der Waals surface area contributed by atoms with E-state index >= 15 is 0 Å². The number of rotatable bonds is 2. The zero-order valence-corrected chi connectivity index (χ0v) is 13.4. The summed E-state index contributed by atoms with van der Waals surface area (Å²) < 4.78 is 38.5. The molecule has 0 saturated heterocycles. The van der Waals surface area contributed by atoms with E-state index in [2.05, 4.69) is 42.2 Å². The summed E-state index contributed by atoms with van der Waals surface area (Å²) in [6, 6.07) is 6.92. The molecule has 1 amide bonds. The predicted octanol–water partition coefficient (Wildman–Crippen LogP) is 4.88. The van der Waals surface area contributed by atoms with Gasteiger partial charge in [-0.05, 0) is 30.3 Å². The second kappa shape index (κ2) is 6.15. The van der Waals surface area contributed by atoms with E-state index < -0.39 is 17.8 Å². The summed E-state index contributed by atoms with van der Waals surface area (Å²) in [6.45, 7) is 0. The second-order valence-electron chi connectivity index (χ2n) is 4.04. The van der Waals surface area contributed by atoms with Gasteiger partial charge in [0.15, 0.2) is 0 Å². The molecule has 0 unspecified atom stereocenters. The normalized spacial score (nSPS) is 11.3.